The van der Waals surface area contributed by atoms with Crippen LogP contribution < -0.4 is 15.4 Å². The minimum Gasteiger partial charge on any atom is -0.372 e. The first-order chi connectivity index (χ1) is 16.0. The summed E-state index contributed by atoms with van der Waals surface area (Å²) in [5, 5.41) is 4.29. The SMILES string of the molecule is CCCn1ncc(N2CCC(C(=O)N(C)Cc3ccc(N4CCCCC4)cc3)CC2)cc1=O. The van der Waals surface area contributed by atoms with Gasteiger partial charge in [0.15, 0.2) is 0 Å². The van der Waals surface area contributed by atoms with Crippen molar-refractivity contribution < 1.29 is 4.79 Å². The summed E-state index contributed by atoms with van der Waals surface area (Å²) in [6, 6.07) is 10.4. The van der Waals surface area contributed by atoms with E-state index in [4.69, 9.17) is 0 Å². The molecule has 0 bridgehead atoms. The Kier molecular flexibility index (Phi) is 7.68. The molecule has 178 valence electrons. The van der Waals surface area contributed by atoms with E-state index >= 15 is 0 Å². The molecule has 2 aromatic rings. The number of nitrogens with zero attached hydrogens (tertiary/aromatic N) is 5. The second kappa shape index (κ2) is 10.9. The predicted octanol–water partition coefficient (Wildman–Crippen LogP) is 3.52. The molecule has 0 unspecified atom stereocenters. The second-order valence-electron chi connectivity index (χ2n) is 9.44. The summed E-state index contributed by atoms with van der Waals surface area (Å²) >= 11 is 0. The van der Waals surface area contributed by atoms with Crippen LogP contribution in [0.2, 0.25) is 0 Å². The van der Waals surface area contributed by atoms with Gasteiger partial charge in [-0.25, -0.2) is 4.68 Å². The Balaban J connectivity index is 1.28. The van der Waals surface area contributed by atoms with Crippen LogP contribution in [0.4, 0.5) is 11.4 Å². The van der Waals surface area contributed by atoms with E-state index in [-0.39, 0.29) is 17.4 Å². The third kappa shape index (κ3) is 5.75. The summed E-state index contributed by atoms with van der Waals surface area (Å²) in [6.07, 6.45) is 8.14. The standard InChI is InChI=1S/C26H37N5O2/c1-3-13-31-25(32)18-24(19-27-31)30-16-11-22(12-17-30)26(33)28(2)20-21-7-9-23(10-8-21)29-14-5-4-6-15-29/h7-10,18-19,22H,3-6,11-17,20H2,1-2H3. The Morgan fingerprint density at radius 2 is 1.67 bits per heavy atom. The van der Waals surface area contributed by atoms with Crippen LogP contribution in [0.3, 0.4) is 0 Å². The van der Waals surface area contributed by atoms with Crippen molar-refractivity contribution in [2.75, 3.05) is 43.0 Å². The van der Waals surface area contributed by atoms with Gasteiger partial charge in [-0.1, -0.05) is 19.1 Å². The van der Waals surface area contributed by atoms with Crippen LogP contribution in [-0.4, -0.2) is 53.8 Å². The Bertz CT molecular complexity index is 973. The third-order valence-electron chi connectivity index (χ3n) is 6.95. The van der Waals surface area contributed by atoms with Gasteiger partial charge in [0.1, 0.15) is 0 Å². The summed E-state index contributed by atoms with van der Waals surface area (Å²) in [6.45, 7) is 7.14. The summed E-state index contributed by atoms with van der Waals surface area (Å²) in [4.78, 5) is 31.8. The van der Waals surface area contributed by atoms with E-state index in [0.29, 0.717) is 13.1 Å². The van der Waals surface area contributed by atoms with Gasteiger partial charge in [-0.05, 0) is 56.2 Å². The highest BCUT2D eigenvalue weighted by Crippen LogP contribution is 2.25. The maximum Gasteiger partial charge on any atom is 0.268 e. The molecule has 2 aliphatic heterocycles. The summed E-state index contributed by atoms with van der Waals surface area (Å²) in [5.74, 6) is 0.249. The smallest absolute Gasteiger partial charge is 0.268 e. The Morgan fingerprint density at radius 3 is 2.30 bits per heavy atom. The average molecular weight is 452 g/mol. The first kappa shape index (κ1) is 23.3. The lowest BCUT2D eigenvalue weighted by Crippen LogP contribution is -2.41. The summed E-state index contributed by atoms with van der Waals surface area (Å²) in [5.41, 5.74) is 3.26. The number of carbonyl (C=O) groups excluding carboxylic acids is 1. The largest absolute Gasteiger partial charge is 0.372 e. The molecule has 0 N–H and O–H groups in total. The van der Waals surface area contributed by atoms with Gasteiger partial charge in [-0.2, -0.15) is 5.10 Å². The number of anilines is 2. The molecule has 2 fully saturated rings. The van der Waals surface area contributed by atoms with Crippen molar-refractivity contribution in [2.45, 2.75) is 58.5 Å². The number of aromatic nitrogens is 2. The maximum absolute atomic E-state index is 13.1. The molecule has 4 rings (SSSR count). The zero-order valence-electron chi connectivity index (χ0n) is 20.1. The summed E-state index contributed by atoms with van der Waals surface area (Å²) < 4.78 is 1.51. The van der Waals surface area contributed by atoms with E-state index in [1.165, 1.54) is 35.2 Å². The molecule has 2 saturated heterocycles. The Morgan fingerprint density at radius 1 is 1.00 bits per heavy atom. The normalized spacial score (nSPS) is 17.3. The lowest BCUT2D eigenvalue weighted by molar-refractivity contribution is -0.135. The number of carbonyl (C=O) groups is 1. The molecule has 1 aromatic carbocycles. The van der Waals surface area contributed by atoms with Crippen molar-refractivity contribution in [2.24, 2.45) is 5.92 Å². The molecule has 2 aliphatic rings. The Labute approximate surface area is 197 Å². The lowest BCUT2D eigenvalue weighted by atomic mass is 9.95. The number of aryl methyl sites for hydroxylation is 1. The van der Waals surface area contributed by atoms with Gasteiger partial charge in [0.05, 0.1) is 11.9 Å². The maximum atomic E-state index is 13.1. The number of benzene rings is 1. The highest BCUT2D eigenvalue weighted by atomic mass is 16.2. The van der Waals surface area contributed by atoms with Crippen LogP contribution in [-0.2, 0) is 17.9 Å². The third-order valence-corrected chi connectivity index (χ3v) is 6.95. The zero-order chi connectivity index (χ0) is 23.2. The number of hydrogen-bond donors (Lipinski definition) is 0. The monoisotopic (exact) mass is 451 g/mol. The van der Waals surface area contributed by atoms with Crippen molar-refractivity contribution in [3.05, 3.63) is 52.4 Å². The number of piperidine rings is 2. The first-order valence-electron chi connectivity index (χ1n) is 12.5. The van der Waals surface area contributed by atoms with Crippen LogP contribution in [0, 0.1) is 5.92 Å². The van der Waals surface area contributed by atoms with Gasteiger partial charge in [-0.3, -0.25) is 9.59 Å². The van der Waals surface area contributed by atoms with Crippen molar-refractivity contribution in [1.82, 2.24) is 14.7 Å². The second-order valence-corrected chi connectivity index (χ2v) is 9.44. The van der Waals surface area contributed by atoms with E-state index in [9.17, 15) is 9.59 Å². The van der Waals surface area contributed by atoms with E-state index in [1.54, 1.807) is 12.3 Å². The molecule has 0 atom stereocenters. The molecule has 33 heavy (non-hydrogen) atoms. The predicted molar refractivity (Wildman–Crippen MR) is 133 cm³/mol. The number of hydrogen-bond acceptors (Lipinski definition) is 5. The lowest BCUT2D eigenvalue weighted by Gasteiger charge is -2.34. The molecule has 1 aromatic heterocycles. The molecule has 0 saturated carbocycles. The molecule has 0 aliphatic carbocycles. The minimum atomic E-state index is -0.0569. The number of rotatable bonds is 7. The molecule has 1 amide bonds. The van der Waals surface area contributed by atoms with Crippen LogP contribution >= 0.6 is 0 Å². The zero-order valence-corrected chi connectivity index (χ0v) is 20.1. The molecule has 3 heterocycles. The van der Waals surface area contributed by atoms with Gasteiger partial charge in [0.2, 0.25) is 5.91 Å². The molecule has 0 radical (unpaired) electrons. The topological polar surface area (TPSA) is 61.7 Å². The van der Waals surface area contributed by atoms with E-state index in [2.05, 4.69) is 39.2 Å². The fourth-order valence-electron chi connectivity index (χ4n) is 4.99. The van der Waals surface area contributed by atoms with Gasteiger partial charge in [0.25, 0.3) is 5.56 Å². The molecule has 7 heteroatoms. The molecular weight excluding hydrogens is 414 g/mol. The van der Waals surface area contributed by atoms with Gasteiger partial charge in [-0.15, -0.1) is 0 Å². The molecule has 7 nitrogen and oxygen atoms in total. The Hall–Kier alpha value is -2.83. The summed E-state index contributed by atoms with van der Waals surface area (Å²) in [7, 11) is 1.91. The van der Waals surface area contributed by atoms with Crippen LogP contribution in [0.5, 0.6) is 0 Å². The van der Waals surface area contributed by atoms with E-state index in [1.807, 2.05) is 18.9 Å². The average Bonchev–Trinajstić information content (AvgIpc) is 2.86. The van der Waals surface area contributed by atoms with Crippen molar-refractivity contribution in [1.29, 1.82) is 0 Å². The van der Waals surface area contributed by atoms with Crippen LogP contribution in [0.25, 0.3) is 0 Å². The van der Waals surface area contributed by atoms with Gasteiger partial charge in [0, 0.05) is 64.0 Å². The van der Waals surface area contributed by atoms with Crippen molar-refractivity contribution in [3.63, 3.8) is 0 Å². The molecular formula is C26H37N5O2. The van der Waals surface area contributed by atoms with Crippen molar-refractivity contribution in [3.8, 4) is 0 Å². The van der Waals surface area contributed by atoms with E-state index < -0.39 is 0 Å². The first-order valence-corrected chi connectivity index (χ1v) is 12.5. The fourth-order valence-corrected chi connectivity index (χ4v) is 4.99. The van der Waals surface area contributed by atoms with Crippen molar-refractivity contribution >= 4 is 17.3 Å². The number of amides is 1. The van der Waals surface area contributed by atoms with Crippen LogP contribution in [0.1, 0.15) is 51.0 Å². The highest BCUT2D eigenvalue weighted by Gasteiger charge is 2.27. The van der Waals surface area contributed by atoms with Gasteiger partial charge >= 0.3 is 0 Å². The van der Waals surface area contributed by atoms with Gasteiger partial charge < -0.3 is 14.7 Å². The quantitative estimate of drug-likeness (QED) is 0.645. The minimum absolute atomic E-state index is 0.0345. The molecule has 0 spiro atoms. The fraction of sp³-hybridized carbons (Fsp3) is 0.577. The van der Waals surface area contributed by atoms with Crippen LogP contribution in [0.15, 0.2) is 41.3 Å². The van der Waals surface area contributed by atoms with E-state index in [0.717, 1.165) is 51.1 Å². The highest BCUT2D eigenvalue weighted by molar-refractivity contribution is 5.79.